The number of carbonyl (C=O) groups is 1. The fraction of sp³-hybridized carbons (Fsp3) is 0.316. The van der Waals surface area contributed by atoms with Crippen LogP contribution < -0.4 is 14.8 Å². The molecule has 130 valence electrons. The van der Waals surface area contributed by atoms with Crippen molar-refractivity contribution >= 4 is 11.7 Å². The van der Waals surface area contributed by atoms with E-state index in [1.54, 1.807) is 24.3 Å². The van der Waals surface area contributed by atoms with Gasteiger partial charge in [-0.15, -0.1) is 0 Å². The van der Waals surface area contributed by atoms with Crippen LogP contribution in [0.5, 0.6) is 11.5 Å². The van der Waals surface area contributed by atoms with Crippen LogP contribution in [0.25, 0.3) is 0 Å². The topological polar surface area (TPSA) is 50.8 Å². The molecule has 2 amide bonds. The van der Waals surface area contributed by atoms with Crippen LogP contribution in [0.4, 0.5) is 14.9 Å². The Balaban J connectivity index is 1.43. The molecular weight excluding hydrogens is 323 g/mol. The number of rotatable bonds is 3. The highest BCUT2D eigenvalue weighted by Gasteiger charge is 2.29. The SMILES string of the molecule is O=C(Nc1ccc2c(c1)OCO2)N1CCCC1Cc1cccc(F)c1. The van der Waals surface area contributed by atoms with Gasteiger partial charge in [-0.1, -0.05) is 12.1 Å². The van der Waals surface area contributed by atoms with E-state index in [4.69, 9.17) is 9.47 Å². The second kappa shape index (κ2) is 6.63. The first-order chi connectivity index (χ1) is 12.2. The third-order valence-electron chi connectivity index (χ3n) is 4.62. The molecule has 0 saturated carbocycles. The molecule has 2 aliphatic rings. The molecule has 2 aromatic carbocycles. The number of hydrogen-bond acceptors (Lipinski definition) is 3. The number of carbonyl (C=O) groups excluding carboxylic acids is 1. The lowest BCUT2D eigenvalue weighted by Crippen LogP contribution is -2.39. The number of nitrogens with zero attached hydrogens (tertiary/aromatic N) is 1. The van der Waals surface area contributed by atoms with Crippen LogP contribution in [0.2, 0.25) is 0 Å². The van der Waals surface area contributed by atoms with Crippen LogP contribution in [-0.2, 0) is 6.42 Å². The van der Waals surface area contributed by atoms with Crippen LogP contribution in [-0.4, -0.2) is 30.3 Å². The minimum Gasteiger partial charge on any atom is -0.454 e. The molecule has 1 atom stereocenters. The lowest BCUT2D eigenvalue weighted by molar-refractivity contribution is 0.174. The summed E-state index contributed by atoms with van der Waals surface area (Å²) >= 11 is 0. The van der Waals surface area contributed by atoms with Gasteiger partial charge in [0.2, 0.25) is 6.79 Å². The summed E-state index contributed by atoms with van der Waals surface area (Å²) in [5.74, 6) is 1.07. The van der Waals surface area contributed by atoms with E-state index in [9.17, 15) is 9.18 Å². The van der Waals surface area contributed by atoms with Gasteiger partial charge in [-0.25, -0.2) is 9.18 Å². The van der Waals surface area contributed by atoms with E-state index in [1.165, 1.54) is 12.1 Å². The number of likely N-dealkylation sites (tertiary alicyclic amines) is 1. The molecule has 6 heteroatoms. The first kappa shape index (κ1) is 15.7. The first-order valence-corrected chi connectivity index (χ1v) is 8.41. The van der Waals surface area contributed by atoms with Crippen molar-refractivity contribution in [3.8, 4) is 11.5 Å². The maximum Gasteiger partial charge on any atom is 0.322 e. The van der Waals surface area contributed by atoms with Gasteiger partial charge in [0.15, 0.2) is 11.5 Å². The minimum absolute atomic E-state index is 0.0795. The monoisotopic (exact) mass is 342 g/mol. The molecule has 1 N–H and O–H groups in total. The molecule has 5 nitrogen and oxygen atoms in total. The Hall–Kier alpha value is -2.76. The molecule has 0 spiro atoms. The highest BCUT2D eigenvalue weighted by atomic mass is 19.1. The van der Waals surface area contributed by atoms with Crippen LogP contribution in [0, 0.1) is 5.82 Å². The van der Waals surface area contributed by atoms with Crippen molar-refractivity contribution in [3.05, 3.63) is 53.8 Å². The maximum atomic E-state index is 13.4. The molecule has 0 aromatic heterocycles. The van der Waals surface area contributed by atoms with E-state index in [2.05, 4.69) is 5.32 Å². The summed E-state index contributed by atoms with van der Waals surface area (Å²) in [4.78, 5) is 14.5. The summed E-state index contributed by atoms with van der Waals surface area (Å²) in [6.45, 7) is 0.908. The molecule has 0 aliphatic carbocycles. The third kappa shape index (κ3) is 3.38. The summed E-state index contributed by atoms with van der Waals surface area (Å²) in [6.07, 6.45) is 2.53. The van der Waals surface area contributed by atoms with Crippen LogP contribution >= 0.6 is 0 Å². The van der Waals surface area contributed by atoms with Gasteiger partial charge in [-0.2, -0.15) is 0 Å². The van der Waals surface area contributed by atoms with Crippen molar-refractivity contribution in [3.63, 3.8) is 0 Å². The summed E-state index contributed by atoms with van der Waals surface area (Å²) in [7, 11) is 0. The number of fused-ring (bicyclic) bond motifs is 1. The van der Waals surface area contributed by atoms with E-state index >= 15 is 0 Å². The molecule has 4 rings (SSSR count). The van der Waals surface area contributed by atoms with Crippen molar-refractivity contribution in [1.82, 2.24) is 4.90 Å². The Kier molecular flexibility index (Phi) is 4.17. The zero-order valence-corrected chi connectivity index (χ0v) is 13.7. The van der Waals surface area contributed by atoms with E-state index in [0.29, 0.717) is 30.2 Å². The molecule has 1 unspecified atom stereocenters. The molecule has 2 aromatic rings. The number of hydrogen-bond donors (Lipinski definition) is 1. The first-order valence-electron chi connectivity index (χ1n) is 8.41. The van der Waals surface area contributed by atoms with E-state index in [-0.39, 0.29) is 24.7 Å². The Morgan fingerprint density at radius 3 is 2.96 bits per heavy atom. The van der Waals surface area contributed by atoms with Gasteiger partial charge in [0.1, 0.15) is 5.82 Å². The van der Waals surface area contributed by atoms with Crippen LogP contribution in [0.15, 0.2) is 42.5 Å². The second-order valence-electron chi connectivity index (χ2n) is 6.32. The number of anilines is 1. The fourth-order valence-electron chi connectivity index (χ4n) is 3.42. The average molecular weight is 342 g/mol. The normalized spacial score (nSPS) is 18.4. The summed E-state index contributed by atoms with van der Waals surface area (Å²) < 4.78 is 24.0. The Labute approximate surface area is 145 Å². The van der Waals surface area contributed by atoms with E-state index < -0.39 is 0 Å². The maximum absolute atomic E-state index is 13.4. The lowest BCUT2D eigenvalue weighted by atomic mass is 10.0. The van der Waals surface area contributed by atoms with Gasteiger partial charge in [0, 0.05) is 24.3 Å². The van der Waals surface area contributed by atoms with Crippen molar-refractivity contribution in [1.29, 1.82) is 0 Å². The van der Waals surface area contributed by atoms with Crippen LogP contribution in [0.1, 0.15) is 18.4 Å². The second-order valence-corrected chi connectivity index (χ2v) is 6.32. The Morgan fingerprint density at radius 2 is 2.08 bits per heavy atom. The smallest absolute Gasteiger partial charge is 0.322 e. The zero-order chi connectivity index (χ0) is 17.2. The molecular formula is C19H19FN2O3. The molecule has 0 radical (unpaired) electrons. The van der Waals surface area contributed by atoms with Gasteiger partial charge in [-0.3, -0.25) is 0 Å². The van der Waals surface area contributed by atoms with Gasteiger partial charge in [0.05, 0.1) is 0 Å². The average Bonchev–Trinajstić information content (AvgIpc) is 3.23. The minimum atomic E-state index is -0.244. The summed E-state index contributed by atoms with van der Waals surface area (Å²) in [5.41, 5.74) is 1.58. The van der Waals surface area contributed by atoms with Gasteiger partial charge >= 0.3 is 6.03 Å². The molecule has 1 saturated heterocycles. The summed E-state index contributed by atoms with van der Waals surface area (Å²) in [5, 5.41) is 2.92. The standard InChI is InChI=1S/C19H19FN2O3/c20-14-4-1-3-13(9-14)10-16-5-2-8-22(16)19(23)21-15-6-7-17-18(11-15)25-12-24-17/h1,3-4,6-7,9,11,16H,2,5,8,10,12H2,(H,21,23). The van der Waals surface area contributed by atoms with Gasteiger partial charge in [-0.05, 0) is 49.1 Å². The highest BCUT2D eigenvalue weighted by molar-refractivity contribution is 5.90. The van der Waals surface area contributed by atoms with E-state index in [1.807, 2.05) is 11.0 Å². The van der Waals surface area contributed by atoms with Crippen molar-refractivity contribution in [2.75, 3.05) is 18.7 Å². The Morgan fingerprint density at radius 1 is 1.20 bits per heavy atom. The Bertz CT molecular complexity index is 796. The molecule has 1 fully saturated rings. The molecule has 2 heterocycles. The number of amides is 2. The van der Waals surface area contributed by atoms with E-state index in [0.717, 1.165) is 18.4 Å². The van der Waals surface area contributed by atoms with Crippen molar-refractivity contribution < 1.29 is 18.7 Å². The number of nitrogens with one attached hydrogen (secondary N) is 1. The zero-order valence-electron chi connectivity index (χ0n) is 13.7. The van der Waals surface area contributed by atoms with Gasteiger partial charge < -0.3 is 19.7 Å². The van der Waals surface area contributed by atoms with Crippen molar-refractivity contribution in [2.24, 2.45) is 0 Å². The number of ether oxygens (including phenoxy) is 2. The third-order valence-corrected chi connectivity index (χ3v) is 4.62. The number of urea groups is 1. The molecule has 2 aliphatic heterocycles. The number of halogens is 1. The quantitative estimate of drug-likeness (QED) is 0.923. The largest absolute Gasteiger partial charge is 0.454 e. The highest BCUT2D eigenvalue weighted by Crippen LogP contribution is 2.34. The predicted octanol–water partition coefficient (Wildman–Crippen LogP) is 3.79. The predicted molar refractivity (Wildman–Crippen MR) is 91.4 cm³/mol. The lowest BCUT2D eigenvalue weighted by Gasteiger charge is -2.25. The molecule has 0 bridgehead atoms. The number of benzene rings is 2. The van der Waals surface area contributed by atoms with Crippen LogP contribution in [0.3, 0.4) is 0 Å². The summed E-state index contributed by atoms with van der Waals surface area (Å²) in [6, 6.07) is 11.8. The van der Waals surface area contributed by atoms with Crippen molar-refractivity contribution in [2.45, 2.75) is 25.3 Å². The van der Waals surface area contributed by atoms with Gasteiger partial charge in [0.25, 0.3) is 0 Å². The fourth-order valence-corrected chi connectivity index (χ4v) is 3.42. The molecule has 25 heavy (non-hydrogen) atoms.